The van der Waals surface area contributed by atoms with Crippen LogP contribution in [-0.4, -0.2) is 24.5 Å². The predicted octanol–water partition coefficient (Wildman–Crippen LogP) is 4.01. The highest BCUT2D eigenvalue weighted by Crippen LogP contribution is 2.17. The molecule has 2 aromatic rings. The molecule has 23 heavy (non-hydrogen) atoms. The maximum atomic E-state index is 13.5. The van der Waals surface area contributed by atoms with Crippen molar-refractivity contribution in [3.63, 3.8) is 0 Å². The minimum atomic E-state index is -2.87. The Labute approximate surface area is 132 Å². The molecule has 0 bridgehead atoms. The van der Waals surface area contributed by atoms with E-state index in [2.05, 4.69) is 4.74 Å². The maximum Gasteiger partial charge on any atom is 0.387 e. The lowest BCUT2D eigenvalue weighted by Gasteiger charge is -2.18. The smallest absolute Gasteiger partial charge is 0.387 e. The lowest BCUT2D eigenvalue weighted by molar-refractivity contribution is -0.0498. The predicted molar refractivity (Wildman–Crippen MR) is 80.0 cm³/mol. The van der Waals surface area contributed by atoms with E-state index in [1.807, 2.05) is 0 Å². The molecule has 0 spiro atoms. The summed E-state index contributed by atoms with van der Waals surface area (Å²) in [6.07, 6.45) is 0. The van der Waals surface area contributed by atoms with Gasteiger partial charge >= 0.3 is 6.61 Å². The Hall–Kier alpha value is -2.50. The van der Waals surface area contributed by atoms with Gasteiger partial charge in [-0.15, -0.1) is 0 Å². The van der Waals surface area contributed by atoms with Crippen molar-refractivity contribution in [2.75, 3.05) is 7.05 Å². The summed E-state index contributed by atoms with van der Waals surface area (Å²) in [5, 5.41) is 0. The molecule has 3 nitrogen and oxygen atoms in total. The number of hydrogen-bond acceptors (Lipinski definition) is 2. The van der Waals surface area contributed by atoms with Crippen LogP contribution >= 0.6 is 0 Å². The molecule has 2 rings (SSSR count). The Morgan fingerprint density at radius 2 is 1.83 bits per heavy atom. The fourth-order valence-electron chi connectivity index (χ4n) is 2.07. The summed E-state index contributed by atoms with van der Waals surface area (Å²) in [6.45, 7) is -0.985. The summed E-state index contributed by atoms with van der Waals surface area (Å²) in [4.78, 5) is 13.7. The standard InChI is InChI=1S/C17H16F3NO2/c1-11-3-6-13(9-15(11)18)16(22)21(2)10-12-4-7-14(8-5-12)23-17(19)20/h3-9,17H,10H2,1-2H3. The Balaban J connectivity index is 2.04. The highest BCUT2D eigenvalue weighted by atomic mass is 19.3. The van der Waals surface area contributed by atoms with Gasteiger partial charge in [-0.3, -0.25) is 4.79 Å². The highest BCUT2D eigenvalue weighted by Gasteiger charge is 2.14. The third-order valence-corrected chi connectivity index (χ3v) is 3.33. The van der Waals surface area contributed by atoms with Crippen molar-refractivity contribution in [3.8, 4) is 5.75 Å². The average molecular weight is 323 g/mol. The molecule has 0 heterocycles. The number of ether oxygens (including phenoxy) is 1. The van der Waals surface area contributed by atoms with E-state index in [0.717, 1.165) is 5.56 Å². The van der Waals surface area contributed by atoms with E-state index in [9.17, 15) is 18.0 Å². The van der Waals surface area contributed by atoms with Crippen LogP contribution in [0.2, 0.25) is 0 Å². The van der Waals surface area contributed by atoms with Crippen LogP contribution in [0.15, 0.2) is 42.5 Å². The van der Waals surface area contributed by atoms with Crippen LogP contribution < -0.4 is 4.74 Å². The molecule has 0 aliphatic heterocycles. The zero-order chi connectivity index (χ0) is 17.0. The molecule has 0 N–H and O–H groups in total. The van der Waals surface area contributed by atoms with Crippen molar-refractivity contribution >= 4 is 5.91 Å². The number of carbonyl (C=O) groups excluding carboxylic acids is 1. The van der Waals surface area contributed by atoms with E-state index < -0.39 is 12.4 Å². The summed E-state index contributed by atoms with van der Waals surface area (Å²) < 4.78 is 42.0. The third-order valence-electron chi connectivity index (χ3n) is 3.33. The van der Waals surface area contributed by atoms with Gasteiger partial charge in [-0.2, -0.15) is 8.78 Å². The summed E-state index contributed by atoms with van der Waals surface area (Å²) >= 11 is 0. The number of hydrogen-bond donors (Lipinski definition) is 0. The van der Waals surface area contributed by atoms with Gasteiger partial charge in [0.1, 0.15) is 11.6 Å². The number of carbonyl (C=O) groups is 1. The maximum absolute atomic E-state index is 13.5. The van der Waals surface area contributed by atoms with Crippen LogP contribution in [0.1, 0.15) is 21.5 Å². The largest absolute Gasteiger partial charge is 0.435 e. The summed E-state index contributed by atoms with van der Waals surface area (Å²) in [6, 6.07) is 10.3. The number of benzene rings is 2. The minimum Gasteiger partial charge on any atom is -0.435 e. The minimum absolute atomic E-state index is 0.0540. The fourth-order valence-corrected chi connectivity index (χ4v) is 2.07. The molecular weight excluding hydrogens is 307 g/mol. The van der Waals surface area contributed by atoms with Crippen molar-refractivity contribution < 1.29 is 22.7 Å². The second-order valence-electron chi connectivity index (χ2n) is 5.15. The van der Waals surface area contributed by atoms with Crippen LogP contribution in [0.4, 0.5) is 13.2 Å². The van der Waals surface area contributed by atoms with Gasteiger partial charge in [-0.1, -0.05) is 18.2 Å². The first-order valence-electron chi connectivity index (χ1n) is 6.92. The molecule has 0 aromatic heterocycles. The molecule has 1 amide bonds. The van der Waals surface area contributed by atoms with E-state index in [0.29, 0.717) is 5.56 Å². The van der Waals surface area contributed by atoms with Gasteiger partial charge < -0.3 is 9.64 Å². The molecule has 0 radical (unpaired) electrons. The topological polar surface area (TPSA) is 29.5 Å². The molecule has 0 atom stereocenters. The quantitative estimate of drug-likeness (QED) is 0.832. The molecule has 0 saturated carbocycles. The first kappa shape index (κ1) is 16.9. The average Bonchev–Trinajstić information content (AvgIpc) is 2.50. The van der Waals surface area contributed by atoms with Crippen LogP contribution in [0.3, 0.4) is 0 Å². The van der Waals surface area contributed by atoms with Crippen LogP contribution in [0.25, 0.3) is 0 Å². The molecule has 122 valence electrons. The zero-order valence-corrected chi connectivity index (χ0v) is 12.7. The van der Waals surface area contributed by atoms with Crippen molar-refractivity contribution in [3.05, 3.63) is 65.0 Å². The van der Waals surface area contributed by atoms with E-state index in [1.165, 1.54) is 23.1 Å². The van der Waals surface area contributed by atoms with Crippen LogP contribution in [-0.2, 0) is 6.54 Å². The van der Waals surface area contributed by atoms with Gasteiger partial charge in [0, 0.05) is 19.2 Å². The molecule has 0 aliphatic rings. The second-order valence-corrected chi connectivity index (χ2v) is 5.15. The monoisotopic (exact) mass is 323 g/mol. The van der Waals surface area contributed by atoms with Gasteiger partial charge in [-0.05, 0) is 42.3 Å². The van der Waals surface area contributed by atoms with E-state index in [1.54, 1.807) is 38.2 Å². The molecule has 0 unspecified atom stereocenters. The molecule has 0 fully saturated rings. The summed E-state index contributed by atoms with van der Waals surface area (Å²) in [7, 11) is 1.59. The van der Waals surface area contributed by atoms with Gasteiger partial charge in [0.15, 0.2) is 0 Å². The number of nitrogens with zero attached hydrogens (tertiary/aromatic N) is 1. The van der Waals surface area contributed by atoms with Gasteiger partial charge in [0.25, 0.3) is 5.91 Å². The number of aryl methyl sites for hydroxylation is 1. The Bertz CT molecular complexity index is 687. The van der Waals surface area contributed by atoms with Crippen molar-refractivity contribution in [1.29, 1.82) is 0 Å². The van der Waals surface area contributed by atoms with Crippen LogP contribution in [0, 0.1) is 12.7 Å². The van der Waals surface area contributed by atoms with Gasteiger partial charge in [0.05, 0.1) is 0 Å². The van der Waals surface area contributed by atoms with Crippen molar-refractivity contribution in [2.45, 2.75) is 20.1 Å². The third kappa shape index (κ3) is 4.48. The van der Waals surface area contributed by atoms with E-state index >= 15 is 0 Å². The van der Waals surface area contributed by atoms with E-state index in [-0.39, 0.29) is 23.8 Å². The summed E-state index contributed by atoms with van der Waals surface area (Å²) in [5.74, 6) is -0.701. The Kier molecular flexibility index (Phi) is 5.26. The Morgan fingerprint density at radius 1 is 1.17 bits per heavy atom. The zero-order valence-electron chi connectivity index (χ0n) is 12.7. The van der Waals surface area contributed by atoms with Gasteiger partial charge in [0.2, 0.25) is 0 Å². The number of halogens is 3. The number of rotatable bonds is 5. The highest BCUT2D eigenvalue weighted by molar-refractivity contribution is 5.94. The lowest BCUT2D eigenvalue weighted by Crippen LogP contribution is -2.26. The first-order chi connectivity index (χ1) is 10.9. The molecular formula is C17H16F3NO2. The number of alkyl halides is 2. The molecule has 0 aliphatic carbocycles. The lowest BCUT2D eigenvalue weighted by atomic mass is 10.1. The fraction of sp³-hybridized carbons (Fsp3) is 0.235. The normalized spacial score (nSPS) is 10.7. The van der Waals surface area contributed by atoms with Gasteiger partial charge in [-0.25, -0.2) is 4.39 Å². The Morgan fingerprint density at radius 3 is 2.39 bits per heavy atom. The SMILES string of the molecule is Cc1ccc(C(=O)N(C)Cc2ccc(OC(F)F)cc2)cc1F. The first-order valence-corrected chi connectivity index (χ1v) is 6.92. The molecule has 6 heteroatoms. The van der Waals surface area contributed by atoms with Crippen molar-refractivity contribution in [1.82, 2.24) is 4.90 Å². The molecule has 0 saturated heterocycles. The number of amides is 1. The van der Waals surface area contributed by atoms with Crippen LogP contribution in [0.5, 0.6) is 5.75 Å². The summed E-state index contributed by atoms with van der Waals surface area (Å²) in [5.41, 5.74) is 1.47. The second kappa shape index (κ2) is 7.17. The molecule has 2 aromatic carbocycles. The van der Waals surface area contributed by atoms with E-state index in [4.69, 9.17) is 0 Å². The van der Waals surface area contributed by atoms with Crippen molar-refractivity contribution in [2.24, 2.45) is 0 Å².